The lowest BCUT2D eigenvalue weighted by Crippen LogP contribution is -2.37. The maximum atomic E-state index is 12.6. The van der Waals surface area contributed by atoms with Crippen LogP contribution in [-0.4, -0.2) is 32.8 Å². The van der Waals surface area contributed by atoms with Crippen molar-refractivity contribution < 1.29 is 14.7 Å². The molecule has 0 fully saturated rings. The number of aromatic nitrogens is 2. The summed E-state index contributed by atoms with van der Waals surface area (Å²) in [6.07, 6.45) is 4.72. The Labute approximate surface area is 154 Å². The molecule has 1 aromatic heterocycles. The van der Waals surface area contributed by atoms with Gasteiger partial charge in [-0.25, -0.2) is 0 Å². The molecule has 0 saturated heterocycles. The summed E-state index contributed by atoms with van der Waals surface area (Å²) in [6.45, 7) is 4.19. The van der Waals surface area contributed by atoms with Gasteiger partial charge in [-0.2, -0.15) is 5.10 Å². The van der Waals surface area contributed by atoms with Crippen molar-refractivity contribution in [3.05, 3.63) is 53.9 Å². The van der Waals surface area contributed by atoms with E-state index in [0.717, 1.165) is 18.4 Å². The number of carbonyl (C=O) groups excluding carboxylic acids is 1. The van der Waals surface area contributed by atoms with Crippen molar-refractivity contribution in [2.75, 3.05) is 0 Å². The monoisotopic (exact) mass is 357 g/mol. The fourth-order valence-corrected chi connectivity index (χ4v) is 3.01. The molecule has 6 heteroatoms. The molecular formula is C20H27N3O3. The lowest BCUT2D eigenvalue weighted by atomic mass is 10.0. The van der Waals surface area contributed by atoms with Gasteiger partial charge in [-0.15, -0.1) is 0 Å². The Morgan fingerprint density at radius 1 is 1.15 bits per heavy atom. The van der Waals surface area contributed by atoms with Gasteiger partial charge < -0.3 is 10.4 Å². The average molecular weight is 357 g/mol. The Kier molecular flexibility index (Phi) is 7.38. The fourth-order valence-electron chi connectivity index (χ4n) is 3.01. The summed E-state index contributed by atoms with van der Waals surface area (Å²) in [5.74, 6) is -1.13. The zero-order chi connectivity index (χ0) is 18.9. The highest BCUT2D eigenvalue weighted by atomic mass is 16.4. The van der Waals surface area contributed by atoms with Gasteiger partial charge in [-0.3, -0.25) is 14.3 Å². The van der Waals surface area contributed by atoms with Gasteiger partial charge >= 0.3 is 5.97 Å². The SMILES string of the molecule is CCC(CC)n1ccc(C(=O)NC(CCC(=O)O)Cc2ccccc2)n1. The van der Waals surface area contributed by atoms with Gasteiger partial charge in [0.2, 0.25) is 0 Å². The van der Waals surface area contributed by atoms with E-state index in [1.54, 1.807) is 6.07 Å². The Morgan fingerprint density at radius 2 is 1.85 bits per heavy atom. The summed E-state index contributed by atoms with van der Waals surface area (Å²) in [6, 6.07) is 11.5. The fraction of sp³-hybridized carbons (Fsp3) is 0.450. The minimum atomic E-state index is -0.865. The molecule has 0 radical (unpaired) electrons. The van der Waals surface area contributed by atoms with E-state index in [-0.39, 0.29) is 24.4 Å². The van der Waals surface area contributed by atoms with Gasteiger partial charge in [0.05, 0.1) is 6.04 Å². The van der Waals surface area contributed by atoms with Gasteiger partial charge in [-0.1, -0.05) is 44.2 Å². The molecule has 1 amide bonds. The number of hydrogen-bond acceptors (Lipinski definition) is 3. The second-order valence-electron chi connectivity index (χ2n) is 6.44. The molecule has 1 atom stereocenters. The quantitative estimate of drug-likeness (QED) is 0.682. The summed E-state index contributed by atoms with van der Waals surface area (Å²) >= 11 is 0. The van der Waals surface area contributed by atoms with Crippen LogP contribution in [0.4, 0.5) is 0 Å². The van der Waals surface area contributed by atoms with Crippen molar-refractivity contribution in [1.82, 2.24) is 15.1 Å². The van der Waals surface area contributed by atoms with E-state index in [0.29, 0.717) is 18.5 Å². The zero-order valence-corrected chi connectivity index (χ0v) is 15.4. The number of nitrogens with one attached hydrogen (secondary N) is 1. The molecule has 0 spiro atoms. The first kappa shape index (κ1) is 19.7. The molecule has 0 aliphatic carbocycles. The predicted octanol–water partition coefficient (Wildman–Crippen LogP) is 3.45. The molecule has 26 heavy (non-hydrogen) atoms. The molecule has 0 saturated carbocycles. The van der Waals surface area contributed by atoms with Crippen molar-refractivity contribution in [2.45, 2.75) is 58.0 Å². The molecular weight excluding hydrogens is 330 g/mol. The smallest absolute Gasteiger partial charge is 0.303 e. The maximum absolute atomic E-state index is 12.6. The minimum Gasteiger partial charge on any atom is -0.481 e. The second kappa shape index (κ2) is 9.75. The van der Waals surface area contributed by atoms with Crippen molar-refractivity contribution in [3.8, 4) is 0 Å². The molecule has 0 aliphatic rings. The van der Waals surface area contributed by atoms with Crippen LogP contribution in [0.2, 0.25) is 0 Å². The Bertz CT molecular complexity index is 708. The Balaban J connectivity index is 2.06. The van der Waals surface area contributed by atoms with Gasteiger partial charge in [0.1, 0.15) is 5.69 Å². The second-order valence-corrected chi connectivity index (χ2v) is 6.44. The van der Waals surface area contributed by atoms with Crippen LogP contribution < -0.4 is 5.32 Å². The molecule has 1 unspecified atom stereocenters. The molecule has 140 valence electrons. The molecule has 0 aliphatic heterocycles. The van der Waals surface area contributed by atoms with Crippen LogP contribution in [0, 0.1) is 0 Å². The number of rotatable bonds is 10. The molecule has 6 nitrogen and oxygen atoms in total. The highest BCUT2D eigenvalue weighted by Crippen LogP contribution is 2.15. The summed E-state index contributed by atoms with van der Waals surface area (Å²) in [5.41, 5.74) is 1.43. The number of hydrogen-bond donors (Lipinski definition) is 2. The third kappa shape index (κ3) is 5.72. The first-order valence-electron chi connectivity index (χ1n) is 9.15. The lowest BCUT2D eigenvalue weighted by Gasteiger charge is -2.18. The van der Waals surface area contributed by atoms with Gasteiger partial charge in [0, 0.05) is 18.7 Å². The van der Waals surface area contributed by atoms with E-state index >= 15 is 0 Å². The third-order valence-corrected chi connectivity index (χ3v) is 4.52. The first-order valence-corrected chi connectivity index (χ1v) is 9.15. The number of carboxylic acid groups (broad SMARTS) is 1. The van der Waals surface area contributed by atoms with Gasteiger partial charge in [-0.05, 0) is 37.3 Å². The molecule has 0 bridgehead atoms. The number of aliphatic carboxylic acids is 1. The number of carboxylic acids is 1. The number of amides is 1. The summed E-state index contributed by atoms with van der Waals surface area (Å²) in [5, 5.41) is 16.3. The zero-order valence-electron chi connectivity index (χ0n) is 15.4. The normalized spacial score (nSPS) is 12.1. The van der Waals surface area contributed by atoms with Crippen LogP contribution in [0.1, 0.15) is 61.6 Å². The first-order chi connectivity index (χ1) is 12.5. The third-order valence-electron chi connectivity index (χ3n) is 4.52. The number of nitrogens with zero attached hydrogens (tertiary/aromatic N) is 2. The number of carbonyl (C=O) groups is 2. The maximum Gasteiger partial charge on any atom is 0.303 e. The van der Waals surface area contributed by atoms with E-state index in [2.05, 4.69) is 24.3 Å². The van der Waals surface area contributed by atoms with Gasteiger partial charge in [0.25, 0.3) is 5.91 Å². The Morgan fingerprint density at radius 3 is 2.46 bits per heavy atom. The predicted molar refractivity (Wildman–Crippen MR) is 100 cm³/mol. The summed E-state index contributed by atoms with van der Waals surface area (Å²) < 4.78 is 1.83. The van der Waals surface area contributed by atoms with Crippen LogP contribution in [0.25, 0.3) is 0 Å². The van der Waals surface area contributed by atoms with Crippen molar-refractivity contribution in [1.29, 1.82) is 0 Å². The molecule has 2 aromatic rings. The molecule has 2 rings (SSSR count). The molecule has 1 heterocycles. The van der Waals surface area contributed by atoms with E-state index in [4.69, 9.17) is 5.11 Å². The van der Waals surface area contributed by atoms with Crippen molar-refractivity contribution in [2.24, 2.45) is 0 Å². The summed E-state index contributed by atoms with van der Waals surface area (Å²) in [4.78, 5) is 23.5. The summed E-state index contributed by atoms with van der Waals surface area (Å²) in [7, 11) is 0. The molecule has 2 N–H and O–H groups in total. The van der Waals surface area contributed by atoms with Crippen LogP contribution >= 0.6 is 0 Å². The average Bonchev–Trinajstić information content (AvgIpc) is 3.11. The van der Waals surface area contributed by atoms with E-state index in [1.807, 2.05) is 41.2 Å². The Hall–Kier alpha value is -2.63. The van der Waals surface area contributed by atoms with Crippen LogP contribution in [0.3, 0.4) is 0 Å². The van der Waals surface area contributed by atoms with Crippen LogP contribution in [0.15, 0.2) is 42.6 Å². The largest absolute Gasteiger partial charge is 0.481 e. The van der Waals surface area contributed by atoms with E-state index in [1.165, 1.54) is 0 Å². The van der Waals surface area contributed by atoms with Crippen LogP contribution in [-0.2, 0) is 11.2 Å². The lowest BCUT2D eigenvalue weighted by molar-refractivity contribution is -0.137. The highest BCUT2D eigenvalue weighted by molar-refractivity contribution is 5.92. The van der Waals surface area contributed by atoms with E-state index in [9.17, 15) is 9.59 Å². The van der Waals surface area contributed by atoms with Crippen molar-refractivity contribution >= 4 is 11.9 Å². The van der Waals surface area contributed by atoms with Crippen LogP contribution in [0.5, 0.6) is 0 Å². The standard InChI is InChI=1S/C20H27N3O3/c1-3-17(4-2)23-13-12-18(22-23)20(26)21-16(10-11-19(24)25)14-15-8-6-5-7-9-15/h5-9,12-13,16-17H,3-4,10-11,14H2,1-2H3,(H,21,26)(H,24,25). The number of benzene rings is 1. The minimum absolute atomic E-state index is 0.0139. The van der Waals surface area contributed by atoms with E-state index < -0.39 is 5.97 Å². The van der Waals surface area contributed by atoms with Crippen molar-refractivity contribution in [3.63, 3.8) is 0 Å². The topological polar surface area (TPSA) is 84.2 Å². The van der Waals surface area contributed by atoms with Gasteiger partial charge in [0.15, 0.2) is 0 Å². The highest BCUT2D eigenvalue weighted by Gasteiger charge is 2.18. The molecule has 1 aromatic carbocycles.